The predicted molar refractivity (Wildman–Crippen MR) is 85.7 cm³/mol. The number of aromatic hydroxyl groups is 1. The monoisotopic (exact) mass is 277 g/mol. The summed E-state index contributed by atoms with van der Waals surface area (Å²) in [5.41, 5.74) is 13.4. The van der Waals surface area contributed by atoms with Gasteiger partial charge in [-0.3, -0.25) is 0 Å². The van der Waals surface area contributed by atoms with Crippen LogP contribution in [0.1, 0.15) is 39.2 Å². The van der Waals surface area contributed by atoms with E-state index in [1.165, 1.54) is 0 Å². The van der Waals surface area contributed by atoms with Gasteiger partial charge in [0, 0.05) is 12.2 Å². The molecule has 0 unspecified atom stereocenters. The van der Waals surface area contributed by atoms with Crippen molar-refractivity contribution in [3.05, 3.63) is 53.5 Å². The van der Waals surface area contributed by atoms with E-state index in [4.69, 9.17) is 16.6 Å². The molecule has 20 heavy (non-hydrogen) atoms. The minimum Gasteiger partial charge on any atom is -0.508 e. The van der Waals surface area contributed by atoms with Crippen molar-refractivity contribution in [1.82, 2.24) is 5.32 Å². The molecule has 1 rings (SSSR count). The standard InChI is InChI=1S/C14H21N3O.C2H6/c1-2-3-12(15)6-9-14(16)17-10-11-4-7-13(18)8-5-11;1-2/h4-9,17-18H,2-3,10,15-16H2,1H3;1-2H3/b12-6-,14-9+;. The topological polar surface area (TPSA) is 84.3 Å². The Bertz CT molecular complexity index is 422. The molecular formula is C16H27N3O. The molecule has 0 amide bonds. The second-order valence-electron chi connectivity index (χ2n) is 4.13. The SMILES string of the molecule is CC.CCC/C(N)=C/C=C(\N)NCc1ccc(O)cc1. The molecule has 0 aliphatic rings. The van der Waals surface area contributed by atoms with E-state index in [-0.39, 0.29) is 5.75 Å². The molecule has 112 valence electrons. The van der Waals surface area contributed by atoms with Gasteiger partial charge in [-0.05, 0) is 36.3 Å². The van der Waals surface area contributed by atoms with E-state index in [0.29, 0.717) is 12.4 Å². The van der Waals surface area contributed by atoms with Crippen molar-refractivity contribution in [2.45, 2.75) is 40.2 Å². The normalized spacial score (nSPS) is 11.6. The van der Waals surface area contributed by atoms with Crippen molar-refractivity contribution in [2.75, 3.05) is 0 Å². The fraction of sp³-hybridized carbons (Fsp3) is 0.375. The van der Waals surface area contributed by atoms with Gasteiger partial charge in [-0.1, -0.05) is 39.3 Å². The summed E-state index contributed by atoms with van der Waals surface area (Å²) in [6.07, 6.45) is 5.49. The van der Waals surface area contributed by atoms with E-state index in [1.54, 1.807) is 18.2 Å². The lowest BCUT2D eigenvalue weighted by Crippen LogP contribution is -2.19. The van der Waals surface area contributed by atoms with Crippen LogP contribution >= 0.6 is 0 Å². The number of rotatable bonds is 6. The Kier molecular flexibility index (Phi) is 9.66. The molecule has 1 aromatic carbocycles. The molecule has 0 aliphatic carbocycles. The first-order valence-electron chi connectivity index (χ1n) is 7.05. The van der Waals surface area contributed by atoms with Gasteiger partial charge in [0.1, 0.15) is 5.75 Å². The Balaban J connectivity index is 0.00000172. The fourth-order valence-corrected chi connectivity index (χ4v) is 1.45. The Morgan fingerprint density at radius 1 is 1.15 bits per heavy atom. The molecule has 0 bridgehead atoms. The highest BCUT2D eigenvalue weighted by Gasteiger charge is 1.93. The maximum atomic E-state index is 9.15. The average Bonchev–Trinajstić information content (AvgIpc) is 2.47. The van der Waals surface area contributed by atoms with Crippen LogP contribution in [0.25, 0.3) is 0 Å². The molecule has 0 saturated carbocycles. The molecule has 0 atom stereocenters. The van der Waals surface area contributed by atoms with Gasteiger partial charge in [0.05, 0.1) is 5.82 Å². The van der Waals surface area contributed by atoms with Gasteiger partial charge in [-0.15, -0.1) is 0 Å². The first-order chi connectivity index (χ1) is 9.61. The molecule has 1 aromatic rings. The summed E-state index contributed by atoms with van der Waals surface area (Å²) in [4.78, 5) is 0. The summed E-state index contributed by atoms with van der Waals surface area (Å²) in [5, 5.41) is 12.2. The quantitative estimate of drug-likeness (QED) is 0.602. The molecule has 0 aliphatic heterocycles. The van der Waals surface area contributed by atoms with Gasteiger partial charge in [0.15, 0.2) is 0 Å². The molecular weight excluding hydrogens is 250 g/mol. The minimum absolute atomic E-state index is 0.262. The summed E-state index contributed by atoms with van der Waals surface area (Å²) < 4.78 is 0. The number of nitrogens with one attached hydrogen (secondary N) is 1. The van der Waals surface area contributed by atoms with Crippen LogP contribution in [0.4, 0.5) is 0 Å². The lowest BCUT2D eigenvalue weighted by atomic mass is 10.2. The van der Waals surface area contributed by atoms with Crippen LogP contribution in [-0.4, -0.2) is 5.11 Å². The third-order valence-electron chi connectivity index (χ3n) is 2.45. The molecule has 6 N–H and O–H groups in total. The summed E-state index contributed by atoms with van der Waals surface area (Å²) in [5.74, 6) is 0.833. The Morgan fingerprint density at radius 3 is 2.30 bits per heavy atom. The van der Waals surface area contributed by atoms with Crippen LogP contribution in [0.3, 0.4) is 0 Å². The highest BCUT2D eigenvalue weighted by atomic mass is 16.3. The smallest absolute Gasteiger partial charge is 0.115 e. The zero-order valence-corrected chi connectivity index (χ0v) is 12.7. The Morgan fingerprint density at radius 2 is 1.75 bits per heavy atom. The number of nitrogens with two attached hydrogens (primary N) is 2. The lowest BCUT2D eigenvalue weighted by Gasteiger charge is -2.06. The van der Waals surface area contributed by atoms with Crippen molar-refractivity contribution < 1.29 is 5.11 Å². The second kappa shape index (κ2) is 10.8. The van der Waals surface area contributed by atoms with E-state index in [9.17, 15) is 0 Å². The van der Waals surface area contributed by atoms with Gasteiger partial charge in [-0.25, -0.2) is 0 Å². The summed E-state index contributed by atoms with van der Waals surface area (Å²) in [7, 11) is 0. The van der Waals surface area contributed by atoms with Crippen molar-refractivity contribution in [3.8, 4) is 5.75 Å². The summed E-state index contributed by atoms with van der Waals surface area (Å²) in [6, 6.07) is 6.99. The van der Waals surface area contributed by atoms with Gasteiger partial charge in [0.25, 0.3) is 0 Å². The minimum atomic E-state index is 0.262. The molecule has 0 heterocycles. The van der Waals surface area contributed by atoms with Gasteiger partial charge < -0.3 is 21.9 Å². The maximum Gasteiger partial charge on any atom is 0.115 e. The van der Waals surface area contributed by atoms with Gasteiger partial charge in [0.2, 0.25) is 0 Å². The Labute approximate surface area is 122 Å². The number of hydrogen-bond acceptors (Lipinski definition) is 4. The third kappa shape index (κ3) is 8.08. The van der Waals surface area contributed by atoms with E-state index < -0.39 is 0 Å². The molecule has 4 heteroatoms. The fourth-order valence-electron chi connectivity index (χ4n) is 1.45. The van der Waals surface area contributed by atoms with Crippen molar-refractivity contribution in [1.29, 1.82) is 0 Å². The van der Waals surface area contributed by atoms with Crippen LogP contribution in [0, 0.1) is 0 Å². The van der Waals surface area contributed by atoms with Gasteiger partial charge in [-0.2, -0.15) is 0 Å². The molecule has 4 nitrogen and oxygen atoms in total. The van der Waals surface area contributed by atoms with Crippen LogP contribution in [-0.2, 0) is 6.54 Å². The van der Waals surface area contributed by atoms with E-state index in [1.807, 2.05) is 32.1 Å². The molecule has 0 radical (unpaired) electrons. The molecule has 0 fully saturated rings. The number of phenolic OH excluding ortho intramolecular Hbond substituents is 1. The van der Waals surface area contributed by atoms with Crippen LogP contribution in [0.5, 0.6) is 5.75 Å². The number of phenols is 1. The highest BCUT2D eigenvalue weighted by Crippen LogP contribution is 2.09. The third-order valence-corrected chi connectivity index (χ3v) is 2.45. The van der Waals surface area contributed by atoms with E-state index >= 15 is 0 Å². The zero-order chi connectivity index (χ0) is 15.4. The number of benzene rings is 1. The molecule has 0 spiro atoms. The first-order valence-corrected chi connectivity index (χ1v) is 7.05. The Hall–Kier alpha value is -2.10. The maximum absolute atomic E-state index is 9.15. The van der Waals surface area contributed by atoms with Gasteiger partial charge >= 0.3 is 0 Å². The number of hydrogen-bond donors (Lipinski definition) is 4. The van der Waals surface area contributed by atoms with Crippen molar-refractivity contribution >= 4 is 0 Å². The second-order valence-corrected chi connectivity index (χ2v) is 4.13. The van der Waals surface area contributed by atoms with E-state index in [2.05, 4.69) is 12.2 Å². The van der Waals surface area contributed by atoms with E-state index in [0.717, 1.165) is 24.1 Å². The van der Waals surface area contributed by atoms with Crippen LogP contribution < -0.4 is 16.8 Å². The lowest BCUT2D eigenvalue weighted by molar-refractivity contribution is 0.475. The van der Waals surface area contributed by atoms with Crippen LogP contribution in [0.2, 0.25) is 0 Å². The first kappa shape index (κ1) is 17.9. The summed E-state index contributed by atoms with van der Waals surface area (Å²) in [6.45, 7) is 6.70. The predicted octanol–water partition coefficient (Wildman–Crippen LogP) is 2.95. The largest absolute Gasteiger partial charge is 0.508 e. The average molecular weight is 277 g/mol. The number of allylic oxidation sites excluding steroid dienone is 3. The zero-order valence-electron chi connectivity index (χ0n) is 12.7. The van der Waals surface area contributed by atoms with Crippen LogP contribution in [0.15, 0.2) is 47.9 Å². The highest BCUT2D eigenvalue weighted by molar-refractivity contribution is 5.26. The van der Waals surface area contributed by atoms with Crippen molar-refractivity contribution in [3.63, 3.8) is 0 Å². The molecule has 0 saturated heterocycles. The molecule has 0 aromatic heterocycles. The summed E-state index contributed by atoms with van der Waals surface area (Å²) >= 11 is 0. The van der Waals surface area contributed by atoms with Crippen molar-refractivity contribution in [2.24, 2.45) is 11.5 Å².